The number of carbonyl (C=O) groups is 2. The Morgan fingerprint density at radius 3 is 2.80 bits per heavy atom. The lowest BCUT2D eigenvalue weighted by molar-refractivity contribution is -0.154. The summed E-state index contributed by atoms with van der Waals surface area (Å²) in [5.74, 6) is -0.264. The molecule has 0 radical (unpaired) electrons. The summed E-state index contributed by atoms with van der Waals surface area (Å²) in [4.78, 5) is 26.0. The van der Waals surface area contributed by atoms with Gasteiger partial charge in [0.05, 0.1) is 30.4 Å². The second kappa shape index (κ2) is 8.36. The van der Waals surface area contributed by atoms with Crippen molar-refractivity contribution in [3.8, 4) is 0 Å². The van der Waals surface area contributed by atoms with Crippen LogP contribution in [0.5, 0.6) is 0 Å². The van der Waals surface area contributed by atoms with E-state index in [0.717, 1.165) is 12.1 Å². The summed E-state index contributed by atoms with van der Waals surface area (Å²) in [5, 5.41) is 2.89. The molecule has 0 spiro atoms. The Bertz CT molecular complexity index is 829. The van der Waals surface area contributed by atoms with Gasteiger partial charge in [-0.1, -0.05) is 17.7 Å². The topological polar surface area (TPSA) is 67.9 Å². The van der Waals surface area contributed by atoms with Crippen LogP contribution in [0.4, 0.5) is 13.2 Å². The summed E-state index contributed by atoms with van der Waals surface area (Å²) in [6.07, 6.45) is -2.80. The van der Waals surface area contributed by atoms with Gasteiger partial charge in [0.1, 0.15) is 6.61 Å². The number of amides is 2. The fraction of sp³-hybridized carbons (Fsp3) is 0.600. The van der Waals surface area contributed by atoms with E-state index in [1.54, 1.807) is 4.90 Å². The van der Waals surface area contributed by atoms with Gasteiger partial charge in [-0.05, 0) is 37.0 Å². The molecule has 2 aliphatic heterocycles. The van der Waals surface area contributed by atoms with Gasteiger partial charge in [-0.25, -0.2) is 0 Å². The lowest BCUT2D eigenvalue weighted by Crippen LogP contribution is -2.62. The number of nitrogens with one attached hydrogen (secondary N) is 1. The first-order valence-corrected chi connectivity index (χ1v) is 10.3. The van der Waals surface area contributed by atoms with Crippen LogP contribution in [0.3, 0.4) is 0 Å². The molecule has 0 aromatic heterocycles. The van der Waals surface area contributed by atoms with Gasteiger partial charge < -0.3 is 19.7 Å². The molecule has 1 saturated carbocycles. The Morgan fingerprint density at radius 1 is 1.33 bits per heavy atom. The predicted molar refractivity (Wildman–Crippen MR) is 101 cm³/mol. The van der Waals surface area contributed by atoms with Crippen molar-refractivity contribution in [2.24, 2.45) is 5.92 Å². The summed E-state index contributed by atoms with van der Waals surface area (Å²) in [6, 6.07) is 3.02. The lowest BCUT2D eigenvalue weighted by atomic mass is 9.80. The summed E-state index contributed by atoms with van der Waals surface area (Å²) < 4.78 is 49.4. The predicted octanol–water partition coefficient (Wildman–Crippen LogP) is 2.77. The second-order valence-electron chi connectivity index (χ2n) is 8.00. The average molecular weight is 447 g/mol. The summed E-state index contributed by atoms with van der Waals surface area (Å²) >= 11 is 5.95. The second-order valence-corrected chi connectivity index (χ2v) is 8.41. The normalized spacial score (nSPS) is 29.1. The van der Waals surface area contributed by atoms with E-state index in [-0.39, 0.29) is 54.2 Å². The SMILES string of the molecule is O=C1CO[C@H]2CCN(C(=O)[C@H]3C[C@H](OCc4ccc(C(F)(F)F)cc4Cl)C3)C[C@H]2N1. The lowest BCUT2D eigenvalue weighted by Gasteiger charge is -2.44. The molecule has 0 bridgehead atoms. The first-order chi connectivity index (χ1) is 14.2. The van der Waals surface area contributed by atoms with Crippen LogP contribution in [0.25, 0.3) is 0 Å². The Morgan fingerprint density at radius 2 is 2.10 bits per heavy atom. The van der Waals surface area contributed by atoms with Gasteiger partial charge in [0.15, 0.2) is 0 Å². The summed E-state index contributed by atoms with van der Waals surface area (Å²) in [6.45, 7) is 1.20. The van der Waals surface area contributed by atoms with E-state index in [4.69, 9.17) is 21.1 Å². The Kier molecular flexibility index (Phi) is 5.96. The highest BCUT2D eigenvalue weighted by Gasteiger charge is 2.42. The van der Waals surface area contributed by atoms with Crippen molar-refractivity contribution in [2.75, 3.05) is 19.7 Å². The van der Waals surface area contributed by atoms with Crippen LogP contribution in [0.15, 0.2) is 18.2 Å². The fourth-order valence-corrected chi connectivity index (χ4v) is 4.34. The number of hydrogen-bond donors (Lipinski definition) is 1. The van der Waals surface area contributed by atoms with Crippen LogP contribution in [0.2, 0.25) is 5.02 Å². The largest absolute Gasteiger partial charge is 0.416 e. The van der Waals surface area contributed by atoms with E-state index < -0.39 is 11.7 Å². The smallest absolute Gasteiger partial charge is 0.373 e. The van der Waals surface area contributed by atoms with Crippen LogP contribution < -0.4 is 5.32 Å². The first-order valence-electron chi connectivity index (χ1n) is 9.87. The molecular weight excluding hydrogens is 425 g/mol. The number of hydrogen-bond acceptors (Lipinski definition) is 4. The number of ether oxygens (including phenoxy) is 2. The van der Waals surface area contributed by atoms with E-state index in [2.05, 4.69) is 5.32 Å². The zero-order valence-electron chi connectivity index (χ0n) is 16.1. The molecule has 2 heterocycles. The molecule has 4 rings (SSSR count). The number of nitrogens with zero attached hydrogens (tertiary/aromatic N) is 1. The minimum absolute atomic E-state index is 0.0105. The third kappa shape index (κ3) is 4.58. The maximum Gasteiger partial charge on any atom is 0.416 e. The zero-order valence-corrected chi connectivity index (χ0v) is 16.8. The maximum atomic E-state index is 12.7. The zero-order chi connectivity index (χ0) is 21.5. The van der Waals surface area contributed by atoms with Crippen molar-refractivity contribution in [2.45, 2.75) is 50.3 Å². The number of alkyl halides is 3. The third-order valence-electron chi connectivity index (χ3n) is 5.93. The number of likely N-dealkylation sites (tertiary alicyclic amines) is 1. The van der Waals surface area contributed by atoms with Gasteiger partial charge >= 0.3 is 6.18 Å². The van der Waals surface area contributed by atoms with Crippen molar-refractivity contribution >= 4 is 23.4 Å². The number of benzene rings is 1. The van der Waals surface area contributed by atoms with Crippen LogP contribution in [-0.4, -0.2) is 54.7 Å². The number of fused-ring (bicyclic) bond motifs is 1. The molecule has 2 amide bonds. The van der Waals surface area contributed by atoms with Gasteiger partial charge in [0, 0.05) is 24.0 Å². The number of carbonyl (C=O) groups excluding carboxylic acids is 2. The van der Waals surface area contributed by atoms with E-state index in [1.807, 2.05) is 0 Å². The number of morpholine rings is 1. The molecular formula is C20H22ClF3N2O4. The highest BCUT2D eigenvalue weighted by atomic mass is 35.5. The first kappa shape index (κ1) is 21.4. The molecule has 2 atom stereocenters. The van der Waals surface area contributed by atoms with Gasteiger partial charge in [0.25, 0.3) is 0 Å². The minimum Gasteiger partial charge on any atom is -0.373 e. The standard InChI is InChI=1S/C20H22ClF3N2O4/c21-15-7-13(20(22,23)24)2-1-11(15)9-29-14-5-12(6-14)19(28)26-4-3-17-16(8-26)25-18(27)10-30-17/h1-2,7,12,14,16-17H,3-6,8-10H2,(H,25,27)/t12-,14-,16-,17+/m1/s1. The van der Waals surface area contributed by atoms with Gasteiger partial charge in [-0.3, -0.25) is 9.59 Å². The molecule has 1 aromatic carbocycles. The Hall–Kier alpha value is -1.84. The van der Waals surface area contributed by atoms with Gasteiger partial charge in [-0.2, -0.15) is 13.2 Å². The van der Waals surface area contributed by atoms with Crippen LogP contribution >= 0.6 is 11.6 Å². The van der Waals surface area contributed by atoms with E-state index in [1.165, 1.54) is 6.07 Å². The molecule has 6 nitrogen and oxygen atoms in total. The minimum atomic E-state index is -4.44. The van der Waals surface area contributed by atoms with E-state index in [9.17, 15) is 22.8 Å². The van der Waals surface area contributed by atoms with Crippen molar-refractivity contribution in [1.29, 1.82) is 0 Å². The van der Waals surface area contributed by atoms with E-state index >= 15 is 0 Å². The molecule has 10 heteroatoms. The van der Waals surface area contributed by atoms with Crippen molar-refractivity contribution in [3.05, 3.63) is 34.3 Å². The molecule has 1 aromatic rings. The highest BCUT2D eigenvalue weighted by Crippen LogP contribution is 2.35. The quantitative estimate of drug-likeness (QED) is 0.772. The number of piperidine rings is 1. The van der Waals surface area contributed by atoms with E-state index in [0.29, 0.717) is 37.9 Å². The molecule has 1 aliphatic carbocycles. The van der Waals surface area contributed by atoms with Crippen LogP contribution in [0, 0.1) is 5.92 Å². The average Bonchev–Trinajstić information content (AvgIpc) is 2.66. The van der Waals surface area contributed by atoms with Gasteiger partial charge in [0.2, 0.25) is 11.8 Å². The molecule has 164 valence electrons. The highest BCUT2D eigenvalue weighted by molar-refractivity contribution is 6.31. The summed E-state index contributed by atoms with van der Waals surface area (Å²) in [7, 11) is 0. The molecule has 3 fully saturated rings. The molecule has 2 saturated heterocycles. The third-order valence-corrected chi connectivity index (χ3v) is 6.29. The van der Waals surface area contributed by atoms with Crippen molar-refractivity contribution in [1.82, 2.24) is 10.2 Å². The van der Waals surface area contributed by atoms with Crippen LogP contribution in [-0.2, 0) is 31.8 Å². The molecule has 0 unspecified atom stereocenters. The monoisotopic (exact) mass is 446 g/mol. The van der Waals surface area contributed by atoms with Crippen molar-refractivity contribution < 1.29 is 32.2 Å². The number of halogens is 4. The summed E-state index contributed by atoms with van der Waals surface area (Å²) in [5.41, 5.74) is -0.316. The maximum absolute atomic E-state index is 12.7. The Labute approximate surface area is 176 Å². The van der Waals surface area contributed by atoms with Gasteiger partial charge in [-0.15, -0.1) is 0 Å². The molecule has 30 heavy (non-hydrogen) atoms. The Balaban J connectivity index is 1.23. The molecule has 1 N–H and O–H groups in total. The number of rotatable bonds is 4. The fourth-order valence-electron chi connectivity index (χ4n) is 4.11. The van der Waals surface area contributed by atoms with Crippen LogP contribution in [0.1, 0.15) is 30.4 Å². The van der Waals surface area contributed by atoms with Crippen molar-refractivity contribution in [3.63, 3.8) is 0 Å². The molecule has 3 aliphatic rings.